The van der Waals surface area contributed by atoms with E-state index in [0.29, 0.717) is 18.8 Å². The number of carbonyl (C=O) groups is 4. The van der Waals surface area contributed by atoms with Crippen molar-refractivity contribution in [2.24, 2.45) is 5.41 Å². The molecule has 9 heteroatoms. The molecule has 0 aromatic heterocycles. The molecule has 9 nitrogen and oxygen atoms in total. The van der Waals surface area contributed by atoms with Crippen molar-refractivity contribution >= 4 is 35.1 Å². The Kier molecular flexibility index (Phi) is 4.38. The average Bonchev–Trinajstić information content (AvgIpc) is 2.68. The Bertz CT molecular complexity index is 905. The fourth-order valence-electron chi connectivity index (χ4n) is 4.97. The zero-order chi connectivity index (χ0) is 21.1. The molecule has 29 heavy (non-hydrogen) atoms. The smallest absolute Gasteiger partial charge is 0.332 e. The minimum atomic E-state index is -1.36. The van der Waals surface area contributed by atoms with Gasteiger partial charge >= 0.3 is 6.03 Å². The summed E-state index contributed by atoms with van der Waals surface area (Å²) in [7, 11) is 4.92. The fraction of sp³-hybridized carbons (Fsp3) is 0.500. The summed E-state index contributed by atoms with van der Waals surface area (Å²) >= 11 is 0. The van der Waals surface area contributed by atoms with Crippen molar-refractivity contribution in [1.29, 1.82) is 0 Å². The van der Waals surface area contributed by atoms with Crippen LogP contribution in [0.3, 0.4) is 0 Å². The first-order valence-corrected chi connectivity index (χ1v) is 9.75. The van der Waals surface area contributed by atoms with Crippen LogP contribution in [-0.4, -0.2) is 80.4 Å². The van der Waals surface area contributed by atoms with Crippen LogP contribution in [-0.2, 0) is 20.8 Å². The monoisotopic (exact) mass is 400 g/mol. The lowest BCUT2D eigenvalue weighted by atomic mass is 9.67. The van der Waals surface area contributed by atoms with E-state index < -0.39 is 23.3 Å². The average molecular weight is 400 g/mol. The molecule has 154 valence electrons. The summed E-state index contributed by atoms with van der Waals surface area (Å²) < 4.78 is 0. The summed E-state index contributed by atoms with van der Waals surface area (Å²) in [6, 6.07) is 4.67. The lowest BCUT2D eigenvalue weighted by molar-refractivity contribution is -0.883. The van der Waals surface area contributed by atoms with E-state index in [1.807, 2.05) is 18.2 Å². The van der Waals surface area contributed by atoms with Gasteiger partial charge in [-0.1, -0.05) is 0 Å². The number of quaternary nitrogens is 1. The molecule has 0 saturated carbocycles. The summed E-state index contributed by atoms with van der Waals surface area (Å²) in [5.41, 5.74) is 1.06. The lowest BCUT2D eigenvalue weighted by Gasteiger charge is -2.54. The van der Waals surface area contributed by atoms with Gasteiger partial charge in [0.05, 0.1) is 26.7 Å². The molecule has 1 unspecified atom stereocenters. The Labute approximate surface area is 169 Å². The predicted molar refractivity (Wildman–Crippen MR) is 106 cm³/mol. The number of urea groups is 1. The highest BCUT2D eigenvalue weighted by atomic mass is 16.2. The molecule has 2 N–H and O–H groups in total. The first-order chi connectivity index (χ1) is 13.7. The van der Waals surface area contributed by atoms with Gasteiger partial charge in [-0.3, -0.25) is 24.2 Å². The maximum Gasteiger partial charge on any atom is 0.332 e. The number of hydrogen-bond acceptors (Lipinski definition) is 5. The van der Waals surface area contributed by atoms with E-state index in [-0.39, 0.29) is 18.4 Å². The molecule has 0 bridgehead atoms. The van der Waals surface area contributed by atoms with Crippen molar-refractivity contribution in [1.82, 2.24) is 9.80 Å². The van der Waals surface area contributed by atoms with Gasteiger partial charge in [-0.05, 0) is 23.8 Å². The van der Waals surface area contributed by atoms with E-state index in [4.69, 9.17) is 0 Å². The zero-order valence-electron chi connectivity index (χ0n) is 17.1. The van der Waals surface area contributed by atoms with Gasteiger partial charge in [0.1, 0.15) is 6.04 Å². The number of imide groups is 2. The van der Waals surface area contributed by atoms with Gasteiger partial charge in [0.2, 0.25) is 17.7 Å². The van der Waals surface area contributed by atoms with Crippen LogP contribution in [0.2, 0.25) is 0 Å². The van der Waals surface area contributed by atoms with E-state index in [0.717, 1.165) is 27.6 Å². The number of rotatable bonds is 1. The Morgan fingerprint density at radius 1 is 1.17 bits per heavy atom. The van der Waals surface area contributed by atoms with Gasteiger partial charge in [0.15, 0.2) is 5.41 Å². The Balaban J connectivity index is 1.88. The predicted octanol–water partition coefficient (Wildman–Crippen LogP) is -1.06. The largest absolute Gasteiger partial charge is 0.355 e. The summed E-state index contributed by atoms with van der Waals surface area (Å²) in [6.07, 6.45) is 0.198. The van der Waals surface area contributed by atoms with Gasteiger partial charge in [-0.15, -0.1) is 0 Å². The van der Waals surface area contributed by atoms with Crippen LogP contribution in [0.1, 0.15) is 12.5 Å². The molecular formula is C20H26N5O4+. The molecule has 2 saturated heterocycles. The molecule has 3 heterocycles. The topological polar surface area (TPSA) is 94.5 Å². The second kappa shape index (κ2) is 6.55. The van der Waals surface area contributed by atoms with Crippen molar-refractivity contribution < 1.29 is 24.1 Å². The third-order valence-corrected chi connectivity index (χ3v) is 6.39. The molecular weight excluding hydrogens is 374 g/mol. The van der Waals surface area contributed by atoms with Crippen molar-refractivity contribution in [2.45, 2.75) is 19.4 Å². The van der Waals surface area contributed by atoms with Crippen molar-refractivity contribution in [3.63, 3.8) is 0 Å². The van der Waals surface area contributed by atoms with Crippen LogP contribution in [0.5, 0.6) is 0 Å². The van der Waals surface area contributed by atoms with E-state index in [1.54, 1.807) is 0 Å². The molecule has 1 spiro atoms. The molecule has 3 aliphatic rings. The standard InChI is InChI=1S/C20H25N5O4/c1-12(26)21-14-5-6-15-13(9-14)10-20(16-11-22(2)7-8-25(15)16)17(27)23(3)19(29)24(4)18(20)28/h5-6,9,16H,7-8,10-11H2,1-4H3,(H,21,26)/p+1/t16-/m1/s1. The van der Waals surface area contributed by atoms with Crippen LogP contribution in [0.25, 0.3) is 0 Å². The summed E-state index contributed by atoms with van der Waals surface area (Å²) in [5.74, 6) is -1.09. The Morgan fingerprint density at radius 2 is 1.83 bits per heavy atom. The van der Waals surface area contributed by atoms with Crippen LogP contribution in [0.15, 0.2) is 18.2 Å². The number of carbonyl (C=O) groups excluding carboxylic acids is 4. The molecule has 1 aromatic carbocycles. The molecule has 0 radical (unpaired) electrons. The van der Waals surface area contributed by atoms with Crippen LogP contribution in [0.4, 0.5) is 16.2 Å². The summed E-state index contributed by atoms with van der Waals surface area (Å²) in [5, 5.41) is 2.77. The minimum Gasteiger partial charge on any atom is -0.355 e. The SMILES string of the molecule is CC(=O)Nc1ccc2c(c1)CC1(C(=O)N(C)C(=O)N(C)C1=O)[C@H]1C[NH+](C)CCN21. The van der Waals surface area contributed by atoms with E-state index >= 15 is 0 Å². The molecule has 5 amide bonds. The van der Waals surface area contributed by atoms with Crippen molar-refractivity contribution in [2.75, 3.05) is 51.0 Å². The number of fused-ring (bicyclic) bond motifs is 4. The molecule has 4 rings (SSSR count). The van der Waals surface area contributed by atoms with E-state index in [1.165, 1.54) is 25.9 Å². The highest BCUT2D eigenvalue weighted by Crippen LogP contribution is 2.46. The first kappa shape index (κ1) is 19.4. The van der Waals surface area contributed by atoms with Gasteiger partial charge in [-0.2, -0.15) is 0 Å². The number of anilines is 2. The third kappa shape index (κ3) is 2.71. The number of nitrogens with one attached hydrogen (secondary N) is 2. The number of hydrogen-bond donors (Lipinski definition) is 2. The van der Waals surface area contributed by atoms with Gasteiger partial charge in [-0.25, -0.2) is 4.79 Å². The number of piperazine rings is 1. The summed E-state index contributed by atoms with van der Waals surface area (Å²) in [6.45, 7) is 3.64. The third-order valence-electron chi connectivity index (χ3n) is 6.39. The maximum absolute atomic E-state index is 13.5. The van der Waals surface area contributed by atoms with E-state index in [9.17, 15) is 19.2 Å². The molecule has 1 aromatic rings. The maximum atomic E-state index is 13.5. The van der Waals surface area contributed by atoms with Crippen molar-refractivity contribution in [3.05, 3.63) is 23.8 Å². The van der Waals surface area contributed by atoms with E-state index in [2.05, 4.69) is 17.3 Å². The van der Waals surface area contributed by atoms with Gasteiger partial charge < -0.3 is 15.1 Å². The molecule has 0 aliphatic carbocycles. The van der Waals surface area contributed by atoms with Gasteiger partial charge in [0, 0.05) is 38.8 Å². The highest BCUT2D eigenvalue weighted by molar-refractivity contribution is 6.20. The summed E-state index contributed by atoms with van der Waals surface area (Å²) in [4.78, 5) is 56.3. The second-order valence-corrected chi connectivity index (χ2v) is 8.30. The molecule has 3 aliphatic heterocycles. The van der Waals surface area contributed by atoms with Crippen LogP contribution >= 0.6 is 0 Å². The zero-order valence-corrected chi connectivity index (χ0v) is 17.1. The number of likely N-dealkylation sites (N-methyl/N-ethyl adjacent to an activating group) is 1. The minimum absolute atomic E-state index is 0.188. The lowest BCUT2D eigenvalue weighted by Crippen LogP contribution is -3.14. The normalized spacial score (nSPS) is 25.8. The number of benzene rings is 1. The van der Waals surface area contributed by atoms with Crippen LogP contribution in [0, 0.1) is 5.41 Å². The molecule has 2 fully saturated rings. The molecule has 2 atom stereocenters. The van der Waals surface area contributed by atoms with Crippen LogP contribution < -0.4 is 15.1 Å². The Hall–Kier alpha value is -2.94. The Morgan fingerprint density at radius 3 is 2.45 bits per heavy atom. The van der Waals surface area contributed by atoms with Gasteiger partial charge in [0.25, 0.3) is 0 Å². The first-order valence-electron chi connectivity index (χ1n) is 9.75. The quantitative estimate of drug-likeness (QED) is 0.586. The highest BCUT2D eigenvalue weighted by Gasteiger charge is 2.64. The number of barbiturate groups is 1. The second-order valence-electron chi connectivity index (χ2n) is 8.30. The number of amides is 5. The van der Waals surface area contributed by atoms with Crippen molar-refractivity contribution in [3.8, 4) is 0 Å². The number of nitrogens with zero attached hydrogens (tertiary/aromatic N) is 3. The fourth-order valence-corrected chi connectivity index (χ4v) is 4.97.